The molecule has 1 saturated heterocycles. The largest absolute Gasteiger partial charge is 0.319 e. The van der Waals surface area contributed by atoms with Crippen LogP contribution in [0.4, 0.5) is 5.82 Å². The number of anilines is 1. The fraction of sp³-hybridized carbons (Fsp3) is 0.667. The van der Waals surface area contributed by atoms with Crippen LogP contribution in [0.15, 0.2) is 12.3 Å². The van der Waals surface area contributed by atoms with E-state index in [2.05, 4.69) is 15.7 Å². The molecular formula is C12H21N5O. The maximum Gasteiger partial charge on any atom is 0.242 e. The average molecular weight is 251 g/mol. The molecule has 1 amide bonds. The van der Waals surface area contributed by atoms with Crippen LogP contribution in [0, 0.1) is 5.41 Å². The van der Waals surface area contributed by atoms with E-state index in [-0.39, 0.29) is 11.3 Å². The topological polar surface area (TPSA) is 85.0 Å². The number of nitrogens with zero attached hydrogens (tertiary/aromatic N) is 2. The zero-order valence-electron chi connectivity index (χ0n) is 11.1. The summed E-state index contributed by atoms with van der Waals surface area (Å²) in [6.07, 6.45) is 1.69. The van der Waals surface area contributed by atoms with E-state index in [9.17, 15) is 4.79 Å². The van der Waals surface area contributed by atoms with E-state index in [0.717, 1.165) is 13.1 Å². The molecule has 1 unspecified atom stereocenters. The van der Waals surface area contributed by atoms with Gasteiger partial charge in [0.05, 0.1) is 18.3 Å². The predicted octanol–water partition coefficient (Wildman–Crippen LogP) is 0.339. The van der Waals surface area contributed by atoms with E-state index in [1.165, 1.54) is 0 Å². The Morgan fingerprint density at radius 1 is 1.61 bits per heavy atom. The van der Waals surface area contributed by atoms with Crippen molar-refractivity contribution in [3.63, 3.8) is 0 Å². The summed E-state index contributed by atoms with van der Waals surface area (Å²) in [5.41, 5.74) is 5.67. The van der Waals surface area contributed by atoms with Gasteiger partial charge in [0.15, 0.2) is 0 Å². The average Bonchev–Trinajstić information content (AvgIpc) is 2.61. The third-order valence-corrected chi connectivity index (χ3v) is 3.24. The van der Waals surface area contributed by atoms with Crippen molar-refractivity contribution in [1.82, 2.24) is 15.1 Å². The van der Waals surface area contributed by atoms with Crippen LogP contribution in [-0.2, 0) is 4.79 Å². The lowest BCUT2D eigenvalue weighted by atomic mass is 9.87. The summed E-state index contributed by atoms with van der Waals surface area (Å²) in [6, 6.07) is 1.58. The van der Waals surface area contributed by atoms with Crippen LogP contribution in [0.25, 0.3) is 0 Å². The Morgan fingerprint density at radius 2 is 2.28 bits per heavy atom. The maximum absolute atomic E-state index is 12.0. The standard InChI is InChI=1S/C12H21N5O/c1-12(2,3)10(13)11(18)16-9-4-5-15-17(9)8-6-14-7-8/h4-5,8,10,14H,6-7,13H2,1-3H3,(H,16,18). The zero-order valence-corrected chi connectivity index (χ0v) is 11.1. The van der Waals surface area contributed by atoms with Gasteiger partial charge in [-0.25, -0.2) is 4.68 Å². The van der Waals surface area contributed by atoms with E-state index in [1.807, 2.05) is 25.5 Å². The molecule has 0 radical (unpaired) electrons. The van der Waals surface area contributed by atoms with E-state index >= 15 is 0 Å². The summed E-state index contributed by atoms with van der Waals surface area (Å²) in [5.74, 6) is 0.544. The summed E-state index contributed by atoms with van der Waals surface area (Å²) in [7, 11) is 0. The molecule has 1 aromatic rings. The number of rotatable bonds is 3. The monoisotopic (exact) mass is 251 g/mol. The number of nitrogens with two attached hydrogens (primary N) is 1. The SMILES string of the molecule is CC(C)(C)C(N)C(=O)Nc1ccnn1C1CNC1. The maximum atomic E-state index is 12.0. The fourth-order valence-corrected chi connectivity index (χ4v) is 1.75. The Labute approximate surface area is 107 Å². The van der Waals surface area contributed by atoms with Crippen molar-refractivity contribution in [1.29, 1.82) is 0 Å². The van der Waals surface area contributed by atoms with Crippen LogP contribution in [0.3, 0.4) is 0 Å². The summed E-state index contributed by atoms with van der Waals surface area (Å²) in [5, 5.41) is 10.3. The van der Waals surface area contributed by atoms with Crippen LogP contribution in [-0.4, -0.2) is 34.8 Å². The van der Waals surface area contributed by atoms with Crippen LogP contribution < -0.4 is 16.4 Å². The molecule has 18 heavy (non-hydrogen) atoms. The summed E-state index contributed by atoms with van der Waals surface area (Å²) in [6.45, 7) is 7.62. The Bertz CT molecular complexity index is 430. The molecule has 100 valence electrons. The van der Waals surface area contributed by atoms with Crippen molar-refractivity contribution < 1.29 is 4.79 Å². The molecule has 2 heterocycles. The molecule has 1 aromatic heterocycles. The molecule has 6 heteroatoms. The normalized spacial score (nSPS) is 18.2. The molecule has 0 spiro atoms. The van der Waals surface area contributed by atoms with Gasteiger partial charge in [-0.15, -0.1) is 0 Å². The van der Waals surface area contributed by atoms with Crippen LogP contribution in [0.1, 0.15) is 26.8 Å². The minimum Gasteiger partial charge on any atom is -0.319 e. The minimum absolute atomic E-state index is 0.170. The molecule has 0 aromatic carbocycles. The van der Waals surface area contributed by atoms with E-state index < -0.39 is 6.04 Å². The third-order valence-electron chi connectivity index (χ3n) is 3.24. The first kappa shape index (κ1) is 13.0. The smallest absolute Gasteiger partial charge is 0.242 e. The van der Waals surface area contributed by atoms with Crippen molar-refractivity contribution in [2.24, 2.45) is 11.1 Å². The van der Waals surface area contributed by atoms with Gasteiger partial charge in [0, 0.05) is 19.2 Å². The van der Waals surface area contributed by atoms with Crippen molar-refractivity contribution in [3.05, 3.63) is 12.3 Å². The first-order chi connectivity index (χ1) is 8.39. The molecule has 6 nitrogen and oxygen atoms in total. The number of aromatic nitrogens is 2. The summed E-state index contributed by atoms with van der Waals surface area (Å²) >= 11 is 0. The molecule has 0 bridgehead atoms. The quantitative estimate of drug-likeness (QED) is 0.723. The first-order valence-corrected chi connectivity index (χ1v) is 6.20. The van der Waals surface area contributed by atoms with Gasteiger partial charge < -0.3 is 16.4 Å². The molecule has 0 aliphatic carbocycles. The molecule has 1 atom stereocenters. The van der Waals surface area contributed by atoms with Gasteiger partial charge in [-0.05, 0) is 5.41 Å². The highest BCUT2D eigenvalue weighted by Crippen LogP contribution is 2.21. The Balaban J connectivity index is 2.05. The molecule has 0 saturated carbocycles. The van der Waals surface area contributed by atoms with Gasteiger partial charge in [0.25, 0.3) is 0 Å². The lowest BCUT2D eigenvalue weighted by Crippen LogP contribution is -2.47. The van der Waals surface area contributed by atoms with Gasteiger partial charge in [-0.2, -0.15) is 5.10 Å². The second-order valence-corrected chi connectivity index (χ2v) is 5.81. The van der Waals surface area contributed by atoms with E-state index in [4.69, 9.17) is 5.73 Å². The van der Waals surface area contributed by atoms with Gasteiger partial charge in [-0.3, -0.25) is 4.79 Å². The predicted molar refractivity (Wildman–Crippen MR) is 70.2 cm³/mol. The third kappa shape index (κ3) is 2.54. The number of carbonyl (C=O) groups excluding carboxylic acids is 1. The van der Waals surface area contributed by atoms with Crippen molar-refractivity contribution in [2.45, 2.75) is 32.9 Å². The second kappa shape index (κ2) is 4.70. The molecular weight excluding hydrogens is 230 g/mol. The Kier molecular flexibility index (Phi) is 3.41. The van der Waals surface area contributed by atoms with Gasteiger partial charge >= 0.3 is 0 Å². The highest BCUT2D eigenvalue weighted by Gasteiger charge is 2.29. The minimum atomic E-state index is -0.541. The van der Waals surface area contributed by atoms with Crippen LogP contribution >= 0.6 is 0 Å². The second-order valence-electron chi connectivity index (χ2n) is 5.81. The van der Waals surface area contributed by atoms with Crippen molar-refractivity contribution in [3.8, 4) is 0 Å². The van der Waals surface area contributed by atoms with Crippen molar-refractivity contribution >= 4 is 11.7 Å². The number of nitrogens with one attached hydrogen (secondary N) is 2. The summed E-state index contributed by atoms with van der Waals surface area (Å²) < 4.78 is 1.84. The summed E-state index contributed by atoms with van der Waals surface area (Å²) in [4.78, 5) is 12.0. The molecule has 1 aliphatic rings. The zero-order chi connectivity index (χ0) is 13.3. The van der Waals surface area contributed by atoms with Gasteiger partial charge in [0.1, 0.15) is 5.82 Å². The Morgan fingerprint density at radius 3 is 2.78 bits per heavy atom. The van der Waals surface area contributed by atoms with Crippen LogP contribution in [0.2, 0.25) is 0 Å². The number of hydrogen-bond donors (Lipinski definition) is 3. The lowest BCUT2D eigenvalue weighted by molar-refractivity contribution is -0.119. The molecule has 1 aliphatic heterocycles. The van der Waals surface area contributed by atoms with Gasteiger partial charge in [0.2, 0.25) is 5.91 Å². The molecule has 1 fully saturated rings. The fourth-order valence-electron chi connectivity index (χ4n) is 1.75. The molecule has 2 rings (SSSR count). The first-order valence-electron chi connectivity index (χ1n) is 6.20. The van der Waals surface area contributed by atoms with Crippen molar-refractivity contribution in [2.75, 3.05) is 18.4 Å². The highest BCUT2D eigenvalue weighted by atomic mass is 16.2. The Hall–Kier alpha value is -1.40. The number of hydrogen-bond acceptors (Lipinski definition) is 4. The number of carbonyl (C=O) groups is 1. The van der Waals surface area contributed by atoms with E-state index in [0.29, 0.717) is 11.9 Å². The van der Waals surface area contributed by atoms with E-state index in [1.54, 1.807) is 12.3 Å². The molecule has 4 N–H and O–H groups in total. The highest BCUT2D eigenvalue weighted by molar-refractivity contribution is 5.94. The van der Waals surface area contributed by atoms with Crippen LogP contribution in [0.5, 0.6) is 0 Å². The number of amides is 1. The van der Waals surface area contributed by atoms with Gasteiger partial charge in [-0.1, -0.05) is 20.8 Å². The lowest BCUT2D eigenvalue weighted by Gasteiger charge is -2.30.